The van der Waals surface area contributed by atoms with Crippen molar-refractivity contribution in [2.45, 2.75) is 19.4 Å². The van der Waals surface area contributed by atoms with Crippen LogP contribution in [0.25, 0.3) is 0 Å². The van der Waals surface area contributed by atoms with Gasteiger partial charge in [-0.15, -0.1) is 0 Å². The van der Waals surface area contributed by atoms with Crippen molar-refractivity contribution in [3.05, 3.63) is 70.2 Å². The van der Waals surface area contributed by atoms with E-state index in [2.05, 4.69) is 36.5 Å². The number of hydrogen-bond acceptors (Lipinski definition) is 2. The smallest absolute Gasteiger partial charge is 0.0914 e. The number of benzene rings is 2. The lowest BCUT2D eigenvalue weighted by Gasteiger charge is -2.13. The van der Waals surface area contributed by atoms with E-state index in [4.69, 9.17) is 11.6 Å². The highest BCUT2D eigenvalue weighted by atomic mass is 35.5. The van der Waals surface area contributed by atoms with E-state index in [0.717, 1.165) is 18.5 Å². The molecule has 0 saturated heterocycles. The second-order valence-electron chi connectivity index (χ2n) is 4.95. The van der Waals surface area contributed by atoms with Crippen LogP contribution >= 0.6 is 11.6 Å². The largest absolute Gasteiger partial charge is 0.387 e. The molecule has 2 aromatic carbocycles. The number of aryl methyl sites for hydroxylation is 1. The topological polar surface area (TPSA) is 32.3 Å². The quantitative estimate of drug-likeness (QED) is 0.798. The van der Waals surface area contributed by atoms with Gasteiger partial charge < -0.3 is 10.4 Å². The van der Waals surface area contributed by atoms with Crippen LogP contribution in [0.15, 0.2) is 48.5 Å². The van der Waals surface area contributed by atoms with E-state index in [0.29, 0.717) is 11.6 Å². The van der Waals surface area contributed by atoms with E-state index in [9.17, 15) is 5.11 Å². The van der Waals surface area contributed by atoms with Crippen molar-refractivity contribution in [3.8, 4) is 0 Å². The molecule has 0 saturated carbocycles. The zero-order valence-corrected chi connectivity index (χ0v) is 12.4. The van der Waals surface area contributed by atoms with Crippen molar-refractivity contribution in [1.82, 2.24) is 5.32 Å². The molecule has 1 atom stereocenters. The minimum Gasteiger partial charge on any atom is -0.387 e. The van der Waals surface area contributed by atoms with Gasteiger partial charge in [-0.3, -0.25) is 0 Å². The highest BCUT2D eigenvalue weighted by Crippen LogP contribution is 2.15. The molecule has 106 valence electrons. The van der Waals surface area contributed by atoms with Crippen LogP contribution in [0.2, 0.25) is 5.02 Å². The van der Waals surface area contributed by atoms with E-state index in [1.807, 2.05) is 12.1 Å². The minimum atomic E-state index is -0.496. The Morgan fingerprint density at radius 3 is 2.50 bits per heavy atom. The summed E-state index contributed by atoms with van der Waals surface area (Å²) < 4.78 is 0. The Hall–Kier alpha value is -1.35. The lowest BCUT2D eigenvalue weighted by Crippen LogP contribution is -2.23. The summed E-state index contributed by atoms with van der Waals surface area (Å²) in [5.41, 5.74) is 3.55. The number of halogens is 1. The first-order chi connectivity index (χ1) is 9.66. The number of aliphatic hydroxyl groups is 1. The summed E-state index contributed by atoms with van der Waals surface area (Å²) in [5.74, 6) is 0. The van der Waals surface area contributed by atoms with Gasteiger partial charge in [-0.25, -0.2) is 0 Å². The molecule has 0 spiro atoms. The minimum absolute atomic E-state index is 0.496. The maximum Gasteiger partial charge on any atom is 0.0914 e. The first-order valence-corrected chi connectivity index (χ1v) is 7.23. The summed E-state index contributed by atoms with van der Waals surface area (Å²) in [5, 5.41) is 14.0. The zero-order chi connectivity index (χ0) is 14.4. The van der Waals surface area contributed by atoms with E-state index >= 15 is 0 Å². The Bertz CT molecular complexity index is 539. The van der Waals surface area contributed by atoms with Crippen LogP contribution in [0.3, 0.4) is 0 Å². The molecule has 0 aromatic heterocycles. The van der Waals surface area contributed by atoms with Gasteiger partial charge in [-0.05, 0) is 48.7 Å². The molecule has 2 N–H and O–H groups in total. The van der Waals surface area contributed by atoms with Crippen LogP contribution in [0.5, 0.6) is 0 Å². The summed E-state index contributed by atoms with van der Waals surface area (Å²) in [7, 11) is 0. The SMILES string of the molecule is Cc1ccccc1CCNCC(O)c1ccc(Cl)cc1. The summed E-state index contributed by atoms with van der Waals surface area (Å²) in [6.45, 7) is 3.53. The Morgan fingerprint density at radius 2 is 1.80 bits per heavy atom. The molecule has 20 heavy (non-hydrogen) atoms. The standard InChI is InChI=1S/C17H20ClNO/c1-13-4-2-3-5-14(13)10-11-19-12-17(20)15-6-8-16(18)9-7-15/h2-9,17,19-20H,10-12H2,1H3. The molecule has 0 aliphatic heterocycles. The third kappa shape index (κ3) is 4.34. The van der Waals surface area contributed by atoms with Crippen LogP contribution in [-0.4, -0.2) is 18.2 Å². The van der Waals surface area contributed by atoms with Crippen molar-refractivity contribution in [2.24, 2.45) is 0 Å². The van der Waals surface area contributed by atoms with Crippen molar-refractivity contribution >= 4 is 11.6 Å². The van der Waals surface area contributed by atoms with Crippen LogP contribution in [0, 0.1) is 6.92 Å². The second-order valence-corrected chi connectivity index (χ2v) is 5.38. The van der Waals surface area contributed by atoms with Gasteiger partial charge in [0.1, 0.15) is 0 Å². The van der Waals surface area contributed by atoms with Gasteiger partial charge in [0.15, 0.2) is 0 Å². The summed E-state index contributed by atoms with van der Waals surface area (Å²) in [4.78, 5) is 0. The van der Waals surface area contributed by atoms with Crippen molar-refractivity contribution in [3.63, 3.8) is 0 Å². The Kier molecular flexibility index (Phi) is 5.60. The first kappa shape index (κ1) is 15.0. The molecule has 0 amide bonds. The molecular formula is C17H20ClNO. The number of nitrogens with one attached hydrogen (secondary N) is 1. The molecule has 0 fully saturated rings. The monoisotopic (exact) mass is 289 g/mol. The lowest BCUT2D eigenvalue weighted by atomic mass is 10.1. The van der Waals surface area contributed by atoms with E-state index in [1.54, 1.807) is 12.1 Å². The fourth-order valence-electron chi connectivity index (χ4n) is 2.16. The van der Waals surface area contributed by atoms with Crippen molar-refractivity contribution in [1.29, 1.82) is 0 Å². The van der Waals surface area contributed by atoms with Crippen LogP contribution in [0.4, 0.5) is 0 Å². The fourth-order valence-corrected chi connectivity index (χ4v) is 2.28. The van der Waals surface area contributed by atoms with Crippen molar-refractivity contribution < 1.29 is 5.11 Å². The van der Waals surface area contributed by atoms with Gasteiger partial charge in [-0.1, -0.05) is 48.0 Å². The molecule has 2 aromatic rings. The fraction of sp³-hybridized carbons (Fsp3) is 0.294. The van der Waals surface area contributed by atoms with E-state index in [-0.39, 0.29) is 0 Å². The lowest BCUT2D eigenvalue weighted by molar-refractivity contribution is 0.175. The Labute approximate surface area is 125 Å². The predicted molar refractivity (Wildman–Crippen MR) is 84.2 cm³/mol. The average Bonchev–Trinajstić information content (AvgIpc) is 2.46. The Morgan fingerprint density at radius 1 is 1.10 bits per heavy atom. The molecule has 0 aliphatic rings. The normalized spacial score (nSPS) is 12.3. The van der Waals surface area contributed by atoms with Crippen LogP contribution in [0.1, 0.15) is 22.8 Å². The molecule has 0 radical (unpaired) electrons. The van der Waals surface area contributed by atoms with Gasteiger partial charge in [0.05, 0.1) is 6.10 Å². The molecule has 2 nitrogen and oxygen atoms in total. The third-order valence-electron chi connectivity index (χ3n) is 3.42. The molecule has 3 heteroatoms. The van der Waals surface area contributed by atoms with Gasteiger partial charge in [-0.2, -0.15) is 0 Å². The molecule has 0 bridgehead atoms. The highest BCUT2D eigenvalue weighted by Gasteiger charge is 2.06. The van der Waals surface area contributed by atoms with Gasteiger partial charge in [0, 0.05) is 11.6 Å². The maximum absolute atomic E-state index is 10.1. The van der Waals surface area contributed by atoms with E-state index in [1.165, 1.54) is 11.1 Å². The number of rotatable bonds is 6. The summed E-state index contributed by atoms with van der Waals surface area (Å²) >= 11 is 5.83. The second kappa shape index (κ2) is 7.44. The van der Waals surface area contributed by atoms with Gasteiger partial charge in [0.25, 0.3) is 0 Å². The molecule has 1 unspecified atom stereocenters. The molecule has 0 aliphatic carbocycles. The molecule has 2 rings (SSSR count). The van der Waals surface area contributed by atoms with E-state index < -0.39 is 6.10 Å². The van der Waals surface area contributed by atoms with Gasteiger partial charge in [0.2, 0.25) is 0 Å². The summed E-state index contributed by atoms with van der Waals surface area (Å²) in [6, 6.07) is 15.7. The van der Waals surface area contributed by atoms with Crippen LogP contribution in [-0.2, 0) is 6.42 Å². The Balaban J connectivity index is 1.76. The molecular weight excluding hydrogens is 270 g/mol. The third-order valence-corrected chi connectivity index (χ3v) is 3.68. The first-order valence-electron chi connectivity index (χ1n) is 6.85. The number of aliphatic hydroxyl groups excluding tert-OH is 1. The zero-order valence-electron chi connectivity index (χ0n) is 11.6. The average molecular weight is 290 g/mol. The van der Waals surface area contributed by atoms with Gasteiger partial charge >= 0.3 is 0 Å². The van der Waals surface area contributed by atoms with Crippen molar-refractivity contribution in [2.75, 3.05) is 13.1 Å². The summed E-state index contributed by atoms with van der Waals surface area (Å²) in [6.07, 6.45) is 0.476. The predicted octanol–water partition coefficient (Wildman–Crippen LogP) is 3.51. The van der Waals surface area contributed by atoms with Crippen LogP contribution < -0.4 is 5.32 Å². The number of hydrogen-bond donors (Lipinski definition) is 2. The highest BCUT2D eigenvalue weighted by molar-refractivity contribution is 6.30. The maximum atomic E-state index is 10.1. The molecule has 0 heterocycles.